The lowest BCUT2D eigenvalue weighted by atomic mass is 10.0. The van der Waals surface area contributed by atoms with E-state index in [0.29, 0.717) is 19.6 Å². The number of hydrogen-bond acceptors (Lipinski definition) is 4. The molecule has 0 rings (SSSR count). The zero-order valence-corrected chi connectivity index (χ0v) is 37.7. The Labute approximate surface area is 350 Å². The largest absolute Gasteiger partial charge is 0.457 e. The number of allylic oxidation sites excluding steroid dienone is 8. The van der Waals surface area contributed by atoms with Crippen molar-refractivity contribution in [2.45, 2.75) is 258 Å². The van der Waals surface area contributed by atoms with E-state index in [4.69, 9.17) is 9.47 Å². The fourth-order valence-corrected chi connectivity index (χ4v) is 7.15. The molecule has 1 atom stereocenters. The first-order valence-electron chi connectivity index (χ1n) is 24.7. The molecule has 0 spiro atoms. The van der Waals surface area contributed by atoms with E-state index in [0.717, 1.165) is 32.1 Å². The minimum absolute atomic E-state index is 0.174. The van der Waals surface area contributed by atoms with Gasteiger partial charge in [0.15, 0.2) is 0 Å². The Morgan fingerprint density at radius 2 is 0.750 bits per heavy atom. The Hall–Kier alpha value is -1.65. The number of esters is 1. The first-order chi connectivity index (χ1) is 27.7. The molecule has 0 saturated carbocycles. The molecule has 4 heteroatoms. The van der Waals surface area contributed by atoms with Gasteiger partial charge in [0, 0.05) is 13.0 Å². The van der Waals surface area contributed by atoms with Crippen molar-refractivity contribution < 1.29 is 19.4 Å². The Morgan fingerprint density at radius 3 is 1.12 bits per heavy atom. The second-order valence-corrected chi connectivity index (χ2v) is 16.5. The molecular weight excluding hydrogens is 689 g/mol. The third kappa shape index (κ3) is 46.7. The minimum atomic E-state index is -0.539. The van der Waals surface area contributed by atoms with Crippen LogP contribution in [0.25, 0.3) is 0 Å². The zero-order valence-electron chi connectivity index (χ0n) is 37.7. The van der Waals surface area contributed by atoms with Crippen LogP contribution in [0.4, 0.5) is 0 Å². The summed E-state index contributed by atoms with van der Waals surface area (Å²) in [5.41, 5.74) is 0. The molecule has 0 saturated heterocycles. The van der Waals surface area contributed by atoms with Crippen LogP contribution in [0.3, 0.4) is 0 Å². The lowest BCUT2D eigenvalue weighted by molar-refractivity contribution is -0.154. The first-order valence-corrected chi connectivity index (χ1v) is 24.7. The number of ether oxygens (including phenoxy) is 2. The summed E-state index contributed by atoms with van der Waals surface area (Å²) in [5.74, 6) is -0.202. The number of hydrogen-bond donors (Lipinski definition) is 1. The van der Waals surface area contributed by atoms with Gasteiger partial charge in [0.25, 0.3) is 0 Å². The van der Waals surface area contributed by atoms with E-state index >= 15 is 0 Å². The van der Waals surface area contributed by atoms with Crippen molar-refractivity contribution in [2.24, 2.45) is 0 Å². The van der Waals surface area contributed by atoms with Gasteiger partial charge in [-0.05, 0) is 77.0 Å². The summed E-state index contributed by atoms with van der Waals surface area (Å²) in [6, 6.07) is 0. The minimum Gasteiger partial charge on any atom is -0.457 e. The molecule has 0 aromatic rings. The van der Waals surface area contributed by atoms with Gasteiger partial charge >= 0.3 is 5.97 Å². The molecule has 4 nitrogen and oxygen atoms in total. The van der Waals surface area contributed by atoms with Gasteiger partial charge in [-0.2, -0.15) is 0 Å². The van der Waals surface area contributed by atoms with E-state index < -0.39 is 6.10 Å². The van der Waals surface area contributed by atoms with E-state index in [1.807, 2.05) is 0 Å². The molecule has 0 radical (unpaired) electrons. The van der Waals surface area contributed by atoms with Crippen LogP contribution in [0.15, 0.2) is 48.6 Å². The smallest absolute Gasteiger partial charge is 0.306 e. The van der Waals surface area contributed by atoms with Crippen LogP contribution in [0.1, 0.15) is 251 Å². The van der Waals surface area contributed by atoms with Crippen molar-refractivity contribution in [2.75, 3.05) is 19.8 Å². The SMILES string of the molecule is CCCCCC/C=C\C/C=C\CCCCCCCCCCOCC(CO)OC(=O)CCCCCCCCCCCCCCC/C=C\C/C=C\CCCCCCC. The van der Waals surface area contributed by atoms with Crippen LogP contribution >= 0.6 is 0 Å². The molecule has 0 fully saturated rings. The molecule has 0 aromatic heterocycles. The van der Waals surface area contributed by atoms with Crippen LogP contribution in [-0.4, -0.2) is 37.0 Å². The Kier molecular flexibility index (Phi) is 48.0. The van der Waals surface area contributed by atoms with Gasteiger partial charge in [0.1, 0.15) is 6.10 Å². The van der Waals surface area contributed by atoms with Crippen molar-refractivity contribution in [3.8, 4) is 0 Å². The highest BCUT2D eigenvalue weighted by molar-refractivity contribution is 5.69. The van der Waals surface area contributed by atoms with Crippen LogP contribution in [-0.2, 0) is 14.3 Å². The third-order valence-electron chi connectivity index (χ3n) is 10.9. The Morgan fingerprint density at radius 1 is 0.429 bits per heavy atom. The Bertz CT molecular complexity index is 874. The summed E-state index contributed by atoms with van der Waals surface area (Å²) in [6.07, 6.45) is 64.8. The maximum absolute atomic E-state index is 12.3. The van der Waals surface area contributed by atoms with E-state index in [1.165, 1.54) is 199 Å². The fourth-order valence-electron chi connectivity index (χ4n) is 7.15. The fraction of sp³-hybridized carbons (Fsp3) is 0.827. The van der Waals surface area contributed by atoms with Gasteiger partial charge < -0.3 is 14.6 Å². The molecule has 0 aliphatic carbocycles. The van der Waals surface area contributed by atoms with Gasteiger partial charge in [0.2, 0.25) is 0 Å². The molecule has 0 heterocycles. The molecule has 1 unspecified atom stereocenters. The Balaban J connectivity index is 3.41. The van der Waals surface area contributed by atoms with Gasteiger partial charge in [-0.25, -0.2) is 0 Å². The molecule has 0 aromatic carbocycles. The second-order valence-electron chi connectivity index (χ2n) is 16.5. The number of aliphatic hydroxyl groups excluding tert-OH is 1. The molecule has 0 amide bonds. The number of carbonyl (C=O) groups is 1. The number of rotatable bonds is 46. The predicted octanol–water partition coefficient (Wildman–Crippen LogP) is 16.6. The van der Waals surface area contributed by atoms with Crippen molar-refractivity contribution in [1.29, 1.82) is 0 Å². The van der Waals surface area contributed by atoms with Crippen molar-refractivity contribution in [1.82, 2.24) is 0 Å². The van der Waals surface area contributed by atoms with Crippen molar-refractivity contribution in [3.63, 3.8) is 0 Å². The summed E-state index contributed by atoms with van der Waals surface area (Å²) >= 11 is 0. The average molecular weight is 785 g/mol. The van der Waals surface area contributed by atoms with E-state index in [2.05, 4.69) is 62.5 Å². The maximum Gasteiger partial charge on any atom is 0.306 e. The van der Waals surface area contributed by atoms with E-state index in [1.54, 1.807) is 0 Å². The van der Waals surface area contributed by atoms with Gasteiger partial charge in [-0.15, -0.1) is 0 Å². The van der Waals surface area contributed by atoms with Gasteiger partial charge in [-0.1, -0.05) is 217 Å². The highest BCUT2D eigenvalue weighted by atomic mass is 16.6. The predicted molar refractivity (Wildman–Crippen MR) is 247 cm³/mol. The highest BCUT2D eigenvalue weighted by Crippen LogP contribution is 2.15. The molecule has 328 valence electrons. The maximum atomic E-state index is 12.3. The van der Waals surface area contributed by atoms with Crippen LogP contribution in [0.5, 0.6) is 0 Å². The molecule has 0 aliphatic rings. The van der Waals surface area contributed by atoms with Gasteiger partial charge in [-0.3, -0.25) is 4.79 Å². The quantitative estimate of drug-likeness (QED) is 0.0379. The molecule has 56 heavy (non-hydrogen) atoms. The second kappa shape index (κ2) is 49.5. The molecule has 0 aliphatic heterocycles. The van der Waals surface area contributed by atoms with Crippen molar-refractivity contribution in [3.05, 3.63) is 48.6 Å². The first kappa shape index (κ1) is 54.3. The normalized spacial score (nSPS) is 12.7. The van der Waals surface area contributed by atoms with Crippen LogP contribution in [0, 0.1) is 0 Å². The zero-order chi connectivity index (χ0) is 40.5. The highest BCUT2D eigenvalue weighted by Gasteiger charge is 2.13. The summed E-state index contributed by atoms with van der Waals surface area (Å²) < 4.78 is 11.2. The standard InChI is InChI=1S/C52H96O4/c1-3-5-7-9-11-13-15-17-19-21-23-24-25-26-27-28-29-31-33-35-37-39-41-43-45-47-52(54)56-51(49-53)50-55-48-46-44-42-40-38-36-34-32-30-22-20-18-16-14-12-10-8-6-4-2/h14-17,20-23,51,53H,3-13,18-19,24-50H2,1-2H3/b16-14-,17-15-,22-20-,23-21-. The number of unbranched alkanes of at least 4 members (excludes halogenated alkanes) is 30. The summed E-state index contributed by atoms with van der Waals surface area (Å²) in [4.78, 5) is 12.3. The van der Waals surface area contributed by atoms with E-state index in [9.17, 15) is 9.90 Å². The molecular formula is C52H96O4. The summed E-state index contributed by atoms with van der Waals surface area (Å²) in [6.45, 7) is 5.33. The number of aliphatic hydroxyl groups is 1. The molecule has 1 N–H and O–H groups in total. The third-order valence-corrected chi connectivity index (χ3v) is 10.9. The number of carbonyl (C=O) groups excluding carboxylic acids is 1. The lowest BCUT2D eigenvalue weighted by Gasteiger charge is -2.16. The monoisotopic (exact) mass is 785 g/mol. The molecule has 0 bridgehead atoms. The topological polar surface area (TPSA) is 55.8 Å². The van der Waals surface area contributed by atoms with Crippen LogP contribution < -0.4 is 0 Å². The lowest BCUT2D eigenvalue weighted by Crippen LogP contribution is -2.27. The van der Waals surface area contributed by atoms with Crippen molar-refractivity contribution >= 4 is 5.97 Å². The van der Waals surface area contributed by atoms with Gasteiger partial charge in [0.05, 0.1) is 13.2 Å². The average Bonchev–Trinajstić information content (AvgIpc) is 3.20. The van der Waals surface area contributed by atoms with E-state index in [-0.39, 0.29) is 12.6 Å². The van der Waals surface area contributed by atoms with Crippen LogP contribution in [0.2, 0.25) is 0 Å². The summed E-state index contributed by atoms with van der Waals surface area (Å²) in [7, 11) is 0. The summed E-state index contributed by atoms with van der Waals surface area (Å²) in [5, 5.41) is 9.64.